The van der Waals surface area contributed by atoms with E-state index in [2.05, 4.69) is 41.1 Å². The number of benzene rings is 1. The first-order valence-corrected chi connectivity index (χ1v) is 13.7. The van der Waals surface area contributed by atoms with Crippen LogP contribution in [0, 0.1) is 12.8 Å². The van der Waals surface area contributed by atoms with Crippen LogP contribution in [-0.4, -0.2) is 70.0 Å². The van der Waals surface area contributed by atoms with Gasteiger partial charge in [-0.05, 0) is 55.8 Å². The molecule has 0 radical (unpaired) electrons. The van der Waals surface area contributed by atoms with Crippen LogP contribution in [0.15, 0.2) is 18.2 Å². The first-order valence-electron chi connectivity index (χ1n) is 13.7. The summed E-state index contributed by atoms with van der Waals surface area (Å²) in [6.45, 7) is 5.48. The maximum absolute atomic E-state index is 13.3. The number of amides is 3. The van der Waals surface area contributed by atoms with Gasteiger partial charge < -0.3 is 30.3 Å². The molecule has 36 heavy (non-hydrogen) atoms. The maximum atomic E-state index is 13.3. The zero-order chi connectivity index (χ0) is 25.8. The summed E-state index contributed by atoms with van der Waals surface area (Å²) in [5.41, 5.74) is 3.67. The minimum Gasteiger partial charge on any atom is -0.447 e. The summed E-state index contributed by atoms with van der Waals surface area (Å²) in [5.74, 6) is 1.01. The van der Waals surface area contributed by atoms with Crippen molar-refractivity contribution in [1.29, 1.82) is 0 Å². The molecule has 1 aliphatic heterocycles. The van der Waals surface area contributed by atoms with E-state index >= 15 is 0 Å². The zero-order valence-electron chi connectivity index (χ0n) is 22.4. The molecule has 3 rings (SSSR count). The molecule has 1 saturated heterocycles. The zero-order valence-corrected chi connectivity index (χ0v) is 22.4. The fraction of sp³-hybridized carbons (Fsp3) is 0.714. The molecule has 0 bridgehead atoms. The Balaban J connectivity index is 1.57. The second-order valence-corrected chi connectivity index (χ2v) is 10.3. The van der Waals surface area contributed by atoms with E-state index in [4.69, 9.17) is 9.47 Å². The van der Waals surface area contributed by atoms with Crippen molar-refractivity contribution in [1.82, 2.24) is 20.9 Å². The summed E-state index contributed by atoms with van der Waals surface area (Å²) in [7, 11) is 3.50. The number of nitrogens with one attached hydrogen (secondary N) is 3. The average molecular weight is 503 g/mol. The van der Waals surface area contributed by atoms with Crippen LogP contribution in [0.2, 0.25) is 0 Å². The van der Waals surface area contributed by atoms with Gasteiger partial charge in [-0.2, -0.15) is 0 Å². The summed E-state index contributed by atoms with van der Waals surface area (Å²) in [5, 5.41) is 9.05. The topological polar surface area (TPSA) is 91.9 Å². The van der Waals surface area contributed by atoms with Gasteiger partial charge in [-0.3, -0.25) is 0 Å². The van der Waals surface area contributed by atoms with Crippen molar-refractivity contribution in [3.63, 3.8) is 0 Å². The smallest absolute Gasteiger partial charge is 0.406 e. The normalized spacial score (nSPS) is 19.5. The third-order valence-electron chi connectivity index (χ3n) is 7.57. The van der Waals surface area contributed by atoms with Gasteiger partial charge >= 0.3 is 12.1 Å². The molecule has 2 aliphatic rings. The Kier molecular flexibility index (Phi) is 11.8. The largest absolute Gasteiger partial charge is 0.447 e. The number of likely N-dealkylation sites (tertiary alicyclic amines) is 1. The van der Waals surface area contributed by atoms with Gasteiger partial charge in [0.2, 0.25) is 0 Å². The highest BCUT2D eigenvalue weighted by molar-refractivity contribution is 5.74. The van der Waals surface area contributed by atoms with E-state index in [1.165, 1.54) is 50.3 Å². The number of hydrogen-bond donors (Lipinski definition) is 3. The number of likely N-dealkylation sites (N-methyl/N-ethyl adjacent to an activating group) is 1. The van der Waals surface area contributed by atoms with E-state index < -0.39 is 6.09 Å². The molecule has 1 heterocycles. The number of alkyl carbamates (subject to hydrolysis) is 1. The Hall–Kier alpha value is -2.32. The molecular formula is C28H46N4O4. The number of carbonyl (C=O) groups excluding carboxylic acids is 2. The van der Waals surface area contributed by atoms with Gasteiger partial charge in [0, 0.05) is 38.6 Å². The first kappa shape index (κ1) is 28.3. The SMILES string of the molecule is CNC[C@H](CC1CCCCC1)NC(=O)N1CCC[C@H](c2c(C)cccc2COCCOC(=O)NC)C1. The van der Waals surface area contributed by atoms with Gasteiger partial charge in [-0.15, -0.1) is 0 Å². The number of nitrogens with zero attached hydrogens (tertiary/aromatic N) is 1. The van der Waals surface area contributed by atoms with Crippen molar-refractivity contribution in [3.05, 3.63) is 34.9 Å². The molecule has 0 spiro atoms. The van der Waals surface area contributed by atoms with Crippen molar-refractivity contribution >= 4 is 12.1 Å². The predicted molar refractivity (Wildman–Crippen MR) is 142 cm³/mol. The van der Waals surface area contributed by atoms with Gasteiger partial charge in [0.05, 0.1) is 13.2 Å². The third-order valence-corrected chi connectivity index (χ3v) is 7.57. The maximum Gasteiger partial charge on any atom is 0.406 e. The van der Waals surface area contributed by atoms with Crippen LogP contribution < -0.4 is 16.0 Å². The number of hydrogen-bond acceptors (Lipinski definition) is 5. The molecule has 1 aromatic rings. The Morgan fingerprint density at radius 3 is 2.64 bits per heavy atom. The van der Waals surface area contributed by atoms with Crippen molar-refractivity contribution in [2.24, 2.45) is 5.92 Å². The van der Waals surface area contributed by atoms with Gasteiger partial charge in [0.25, 0.3) is 0 Å². The highest BCUT2D eigenvalue weighted by Gasteiger charge is 2.29. The molecule has 1 saturated carbocycles. The molecule has 8 nitrogen and oxygen atoms in total. The lowest BCUT2D eigenvalue weighted by Gasteiger charge is -2.36. The summed E-state index contributed by atoms with van der Waals surface area (Å²) in [6, 6.07) is 6.53. The Labute approximate surface area is 216 Å². The summed E-state index contributed by atoms with van der Waals surface area (Å²) in [6.07, 6.45) is 9.23. The van der Waals surface area contributed by atoms with Crippen LogP contribution in [0.4, 0.5) is 9.59 Å². The second kappa shape index (κ2) is 15.1. The molecule has 1 aromatic carbocycles. The highest BCUT2D eigenvalue weighted by Crippen LogP contribution is 2.32. The lowest BCUT2D eigenvalue weighted by atomic mass is 9.84. The third kappa shape index (κ3) is 8.66. The predicted octanol–water partition coefficient (Wildman–Crippen LogP) is 4.32. The number of aryl methyl sites for hydroxylation is 1. The number of piperidine rings is 1. The van der Waals surface area contributed by atoms with E-state index in [9.17, 15) is 9.59 Å². The van der Waals surface area contributed by atoms with Crippen LogP contribution in [0.5, 0.6) is 0 Å². The van der Waals surface area contributed by atoms with Crippen LogP contribution in [0.25, 0.3) is 0 Å². The van der Waals surface area contributed by atoms with Crippen molar-refractivity contribution in [2.75, 3.05) is 46.9 Å². The average Bonchev–Trinajstić information content (AvgIpc) is 2.89. The monoisotopic (exact) mass is 502 g/mol. The number of urea groups is 1. The number of carbonyl (C=O) groups is 2. The minimum atomic E-state index is -0.453. The molecule has 202 valence electrons. The van der Waals surface area contributed by atoms with Gasteiger partial charge in [-0.1, -0.05) is 50.3 Å². The molecular weight excluding hydrogens is 456 g/mol. The van der Waals surface area contributed by atoms with Crippen LogP contribution >= 0.6 is 0 Å². The van der Waals surface area contributed by atoms with Crippen LogP contribution in [-0.2, 0) is 16.1 Å². The number of ether oxygens (including phenoxy) is 2. The second-order valence-electron chi connectivity index (χ2n) is 10.3. The van der Waals surface area contributed by atoms with Gasteiger partial charge in [0.1, 0.15) is 6.61 Å². The molecule has 3 N–H and O–H groups in total. The van der Waals surface area contributed by atoms with E-state index in [1.807, 2.05) is 11.9 Å². The Morgan fingerprint density at radius 2 is 1.89 bits per heavy atom. The molecule has 1 aliphatic carbocycles. The van der Waals surface area contributed by atoms with Crippen molar-refractivity contribution < 1.29 is 19.1 Å². The van der Waals surface area contributed by atoms with Gasteiger partial charge in [-0.25, -0.2) is 9.59 Å². The Bertz CT molecular complexity index is 828. The summed E-state index contributed by atoms with van der Waals surface area (Å²) < 4.78 is 10.8. The molecule has 2 fully saturated rings. The van der Waals surface area contributed by atoms with Crippen molar-refractivity contribution in [2.45, 2.75) is 76.9 Å². The Morgan fingerprint density at radius 1 is 1.08 bits per heavy atom. The summed E-state index contributed by atoms with van der Waals surface area (Å²) >= 11 is 0. The number of rotatable bonds is 11. The van der Waals surface area contributed by atoms with Crippen molar-refractivity contribution in [3.8, 4) is 0 Å². The van der Waals surface area contributed by atoms with E-state index in [0.717, 1.165) is 50.4 Å². The quantitative estimate of drug-likeness (QED) is 0.392. The fourth-order valence-electron chi connectivity index (χ4n) is 5.83. The van der Waals surface area contributed by atoms with E-state index in [0.29, 0.717) is 13.2 Å². The first-order chi connectivity index (χ1) is 17.5. The lowest BCUT2D eigenvalue weighted by molar-refractivity contribution is 0.0649. The molecule has 8 heteroatoms. The fourth-order valence-corrected chi connectivity index (χ4v) is 5.83. The summed E-state index contributed by atoms with van der Waals surface area (Å²) in [4.78, 5) is 26.5. The lowest BCUT2D eigenvalue weighted by Crippen LogP contribution is -2.51. The minimum absolute atomic E-state index is 0.0634. The standard InChI is InChI=1S/C28H46N4O4/c1-21-9-7-12-24(20-35-15-16-36-28(34)30-3)26(21)23-13-8-14-32(19-23)27(33)31-25(18-29-2)17-22-10-5-4-6-11-22/h7,9,12,22-23,25,29H,4-6,8,10-11,13-20H2,1-3H3,(H,30,34)(H,31,33)/t23-,25-/m0/s1. The molecule has 0 unspecified atom stereocenters. The highest BCUT2D eigenvalue weighted by atomic mass is 16.6. The van der Waals surface area contributed by atoms with Crippen LogP contribution in [0.3, 0.4) is 0 Å². The van der Waals surface area contributed by atoms with Gasteiger partial charge in [0.15, 0.2) is 0 Å². The molecule has 2 atom stereocenters. The van der Waals surface area contributed by atoms with E-state index in [-0.39, 0.29) is 24.6 Å². The van der Waals surface area contributed by atoms with Crippen LogP contribution in [0.1, 0.15) is 74.0 Å². The molecule has 0 aromatic heterocycles. The molecule has 3 amide bonds. The van der Waals surface area contributed by atoms with E-state index in [1.54, 1.807) is 0 Å².